The summed E-state index contributed by atoms with van der Waals surface area (Å²) < 4.78 is 5.14. The lowest BCUT2D eigenvalue weighted by Gasteiger charge is -2.08. The van der Waals surface area contributed by atoms with Gasteiger partial charge in [-0.25, -0.2) is 9.97 Å². The van der Waals surface area contributed by atoms with Gasteiger partial charge in [0, 0.05) is 17.8 Å². The molecule has 15 heavy (non-hydrogen) atoms. The first-order valence-electron chi connectivity index (χ1n) is 4.55. The number of aromatic nitrogens is 2. The Hall–Kier alpha value is -1.33. The fourth-order valence-corrected chi connectivity index (χ4v) is 2.05. The van der Waals surface area contributed by atoms with E-state index >= 15 is 0 Å². The molecule has 78 valence electrons. The molecule has 1 atom stereocenters. The third kappa shape index (κ3) is 2.37. The summed E-state index contributed by atoms with van der Waals surface area (Å²) in [5.41, 5.74) is 6.84. The molecule has 5 heteroatoms. The number of hydrogen-bond donors (Lipinski definition) is 1. The molecule has 0 saturated heterocycles. The van der Waals surface area contributed by atoms with Crippen LogP contribution in [-0.2, 0) is 0 Å². The first-order chi connectivity index (χ1) is 7.27. The van der Waals surface area contributed by atoms with Crippen molar-refractivity contribution in [2.45, 2.75) is 23.2 Å². The molecule has 0 amide bonds. The molecule has 0 saturated carbocycles. The van der Waals surface area contributed by atoms with E-state index in [1.165, 1.54) is 18.0 Å². The smallest absolute Gasteiger partial charge is 0.261 e. The second-order valence-electron chi connectivity index (χ2n) is 3.09. The predicted octanol–water partition coefficient (Wildman–Crippen LogP) is 2.24. The first kappa shape index (κ1) is 10.2. The van der Waals surface area contributed by atoms with Gasteiger partial charge in [-0.15, -0.1) is 0 Å². The van der Waals surface area contributed by atoms with Gasteiger partial charge in [0.15, 0.2) is 0 Å². The summed E-state index contributed by atoms with van der Waals surface area (Å²) in [6.45, 7) is 1.93. The van der Waals surface area contributed by atoms with E-state index < -0.39 is 0 Å². The maximum atomic E-state index is 5.84. The van der Waals surface area contributed by atoms with E-state index in [-0.39, 0.29) is 6.04 Å². The summed E-state index contributed by atoms with van der Waals surface area (Å²) in [6, 6.07) is 3.79. The van der Waals surface area contributed by atoms with Crippen molar-refractivity contribution in [1.29, 1.82) is 0 Å². The molecule has 2 aromatic rings. The van der Waals surface area contributed by atoms with Gasteiger partial charge in [-0.2, -0.15) is 0 Å². The van der Waals surface area contributed by atoms with E-state index in [9.17, 15) is 0 Å². The number of hydrogen-bond acceptors (Lipinski definition) is 5. The van der Waals surface area contributed by atoms with E-state index in [2.05, 4.69) is 9.97 Å². The van der Waals surface area contributed by atoms with Crippen molar-refractivity contribution in [2.75, 3.05) is 0 Å². The lowest BCUT2D eigenvalue weighted by Crippen LogP contribution is -2.07. The molecule has 2 N–H and O–H groups in total. The number of rotatable bonds is 3. The Morgan fingerprint density at radius 3 is 2.93 bits per heavy atom. The monoisotopic (exact) mass is 221 g/mol. The Balaban J connectivity index is 2.28. The van der Waals surface area contributed by atoms with Crippen LogP contribution in [0.1, 0.15) is 18.5 Å². The van der Waals surface area contributed by atoms with Crippen molar-refractivity contribution in [3.05, 3.63) is 36.4 Å². The van der Waals surface area contributed by atoms with Gasteiger partial charge in [0.25, 0.3) is 5.22 Å². The molecular weight excluding hydrogens is 210 g/mol. The van der Waals surface area contributed by atoms with Crippen LogP contribution in [0.25, 0.3) is 0 Å². The van der Waals surface area contributed by atoms with E-state index in [4.69, 9.17) is 10.2 Å². The van der Waals surface area contributed by atoms with E-state index in [1.54, 1.807) is 12.4 Å². The zero-order chi connectivity index (χ0) is 10.7. The Kier molecular flexibility index (Phi) is 3.03. The molecular formula is C10H11N3OS. The Bertz CT molecular complexity index is 428. The molecule has 0 aromatic carbocycles. The van der Waals surface area contributed by atoms with E-state index in [1.807, 2.05) is 19.1 Å². The SMILES string of the molecule is C[C@@H](N)c1cccnc1Sc1ncco1. The first-order valence-corrected chi connectivity index (χ1v) is 5.37. The van der Waals surface area contributed by atoms with Crippen LogP contribution in [0.2, 0.25) is 0 Å². The lowest BCUT2D eigenvalue weighted by molar-refractivity contribution is 0.453. The molecule has 0 fully saturated rings. The minimum atomic E-state index is -0.0452. The van der Waals surface area contributed by atoms with Crippen molar-refractivity contribution >= 4 is 11.8 Å². The molecule has 2 heterocycles. The molecule has 2 rings (SSSR count). The highest BCUT2D eigenvalue weighted by molar-refractivity contribution is 7.99. The average Bonchev–Trinajstić information content (AvgIpc) is 2.71. The number of pyridine rings is 1. The van der Waals surface area contributed by atoms with Crippen LogP contribution in [0.3, 0.4) is 0 Å². The van der Waals surface area contributed by atoms with Crippen molar-refractivity contribution < 1.29 is 4.42 Å². The number of nitrogens with two attached hydrogens (primary N) is 1. The molecule has 0 unspecified atom stereocenters. The zero-order valence-corrected chi connectivity index (χ0v) is 9.07. The molecule has 0 spiro atoms. The summed E-state index contributed by atoms with van der Waals surface area (Å²) >= 11 is 1.38. The summed E-state index contributed by atoms with van der Waals surface area (Å²) in [5, 5.41) is 1.42. The minimum Gasteiger partial charge on any atom is -0.440 e. The quantitative estimate of drug-likeness (QED) is 0.861. The van der Waals surface area contributed by atoms with Gasteiger partial charge >= 0.3 is 0 Å². The summed E-state index contributed by atoms with van der Waals surface area (Å²) in [6.07, 6.45) is 4.88. The van der Waals surface area contributed by atoms with Crippen LogP contribution in [0, 0.1) is 0 Å². The van der Waals surface area contributed by atoms with Crippen LogP contribution in [0.5, 0.6) is 0 Å². The van der Waals surface area contributed by atoms with Crippen LogP contribution >= 0.6 is 11.8 Å². The molecule has 0 aliphatic rings. The number of nitrogens with zero attached hydrogens (tertiary/aromatic N) is 2. The topological polar surface area (TPSA) is 64.9 Å². The molecule has 4 nitrogen and oxygen atoms in total. The number of oxazole rings is 1. The lowest BCUT2D eigenvalue weighted by atomic mass is 10.2. The molecule has 2 aromatic heterocycles. The molecule has 0 aliphatic carbocycles. The van der Waals surface area contributed by atoms with Crippen LogP contribution in [0.4, 0.5) is 0 Å². The highest BCUT2D eigenvalue weighted by Crippen LogP contribution is 2.29. The van der Waals surface area contributed by atoms with Crippen LogP contribution in [0.15, 0.2) is 45.5 Å². The van der Waals surface area contributed by atoms with Gasteiger partial charge in [-0.3, -0.25) is 0 Å². The standard InChI is InChI=1S/C10H11N3OS/c1-7(11)8-3-2-4-12-9(8)15-10-13-5-6-14-10/h2-7H,11H2,1H3/t7-/m1/s1. The summed E-state index contributed by atoms with van der Waals surface area (Å²) in [5.74, 6) is 0. The van der Waals surface area contributed by atoms with Crippen molar-refractivity contribution in [3.63, 3.8) is 0 Å². The van der Waals surface area contributed by atoms with Gasteiger partial charge in [-0.1, -0.05) is 6.07 Å². The van der Waals surface area contributed by atoms with Gasteiger partial charge < -0.3 is 10.2 Å². The Morgan fingerprint density at radius 1 is 1.40 bits per heavy atom. The third-order valence-corrected chi connectivity index (χ3v) is 2.80. The van der Waals surface area contributed by atoms with Crippen LogP contribution in [-0.4, -0.2) is 9.97 Å². The summed E-state index contributed by atoms with van der Waals surface area (Å²) in [4.78, 5) is 8.29. The normalized spacial score (nSPS) is 12.7. The zero-order valence-electron chi connectivity index (χ0n) is 8.25. The molecule has 0 bridgehead atoms. The second-order valence-corrected chi connectivity index (χ2v) is 4.03. The highest BCUT2D eigenvalue weighted by atomic mass is 32.2. The fourth-order valence-electron chi connectivity index (χ4n) is 1.18. The largest absolute Gasteiger partial charge is 0.440 e. The van der Waals surface area contributed by atoms with Crippen molar-refractivity contribution in [3.8, 4) is 0 Å². The molecule has 0 aliphatic heterocycles. The third-order valence-electron chi connectivity index (χ3n) is 1.88. The highest BCUT2D eigenvalue weighted by Gasteiger charge is 2.10. The van der Waals surface area contributed by atoms with Gasteiger partial charge in [0.2, 0.25) is 0 Å². The Morgan fingerprint density at radius 2 is 2.27 bits per heavy atom. The maximum absolute atomic E-state index is 5.84. The minimum absolute atomic E-state index is 0.0452. The Labute approximate surface area is 91.9 Å². The van der Waals surface area contributed by atoms with E-state index in [0.717, 1.165) is 10.6 Å². The maximum Gasteiger partial charge on any atom is 0.261 e. The van der Waals surface area contributed by atoms with Gasteiger partial charge in [-0.05, 0) is 24.8 Å². The second kappa shape index (κ2) is 4.46. The van der Waals surface area contributed by atoms with Crippen molar-refractivity contribution in [2.24, 2.45) is 5.73 Å². The van der Waals surface area contributed by atoms with Crippen LogP contribution < -0.4 is 5.73 Å². The van der Waals surface area contributed by atoms with E-state index in [0.29, 0.717) is 5.22 Å². The average molecular weight is 221 g/mol. The molecule has 0 radical (unpaired) electrons. The van der Waals surface area contributed by atoms with Crippen molar-refractivity contribution in [1.82, 2.24) is 9.97 Å². The van der Waals surface area contributed by atoms with Gasteiger partial charge in [0.1, 0.15) is 11.3 Å². The van der Waals surface area contributed by atoms with Gasteiger partial charge in [0.05, 0.1) is 6.20 Å². The fraction of sp³-hybridized carbons (Fsp3) is 0.200. The summed E-state index contributed by atoms with van der Waals surface area (Å²) in [7, 11) is 0. The predicted molar refractivity (Wildman–Crippen MR) is 57.5 cm³/mol.